The Labute approximate surface area is 150 Å². The van der Waals surface area contributed by atoms with Crippen molar-refractivity contribution < 1.29 is 9.53 Å². The van der Waals surface area contributed by atoms with E-state index in [9.17, 15) is 4.79 Å². The van der Waals surface area contributed by atoms with Crippen molar-refractivity contribution in [1.29, 1.82) is 0 Å². The maximum atomic E-state index is 12.8. The normalized spacial score (nSPS) is 20.1. The van der Waals surface area contributed by atoms with Gasteiger partial charge < -0.3 is 14.2 Å². The molecule has 0 N–H and O–H groups in total. The first kappa shape index (κ1) is 15.3. The van der Waals surface area contributed by atoms with Crippen LogP contribution in [-0.2, 0) is 13.1 Å². The SMILES string of the molecule is O=C(c1ccc(OC2CSC2)cc1)N1CCn2c(nnc2C2CC2)C1. The van der Waals surface area contributed by atoms with Gasteiger partial charge in [-0.25, -0.2) is 0 Å². The molecule has 2 aromatic rings. The Morgan fingerprint density at radius 2 is 1.92 bits per heavy atom. The topological polar surface area (TPSA) is 60.2 Å². The Morgan fingerprint density at radius 1 is 1.12 bits per heavy atom. The lowest BCUT2D eigenvalue weighted by atomic mass is 10.1. The number of amides is 1. The Bertz CT molecular complexity index is 796. The second-order valence-corrected chi connectivity index (χ2v) is 8.00. The summed E-state index contributed by atoms with van der Waals surface area (Å²) >= 11 is 1.89. The Hall–Kier alpha value is -2.02. The van der Waals surface area contributed by atoms with E-state index in [1.165, 1.54) is 12.8 Å². The van der Waals surface area contributed by atoms with Crippen LogP contribution in [-0.4, -0.2) is 49.7 Å². The number of hydrogen-bond donors (Lipinski definition) is 0. The van der Waals surface area contributed by atoms with Gasteiger partial charge in [-0.2, -0.15) is 11.8 Å². The van der Waals surface area contributed by atoms with Gasteiger partial charge in [0.1, 0.15) is 17.7 Å². The molecule has 0 bridgehead atoms. The van der Waals surface area contributed by atoms with Crippen LogP contribution in [0.2, 0.25) is 0 Å². The van der Waals surface area contributed by atoms with Gasteiger partial charge in [0.05, 0.1) is 6.54 Å². The zero-order valence-electron chi connectivity index (χ0n) is 13.9. The lowest BCUT2D eigenvalue weighted by Gasteiger charge is -2.28. The minimum absolute atomic E-state index is 0.0490. The molecule has 5 rings (SSSR count). The van der Waals surface area contributed by atoms with E-state index in [2.05, 4.69) is 14.8 Å². The van der Waals surface area contributed by atoms with E-state index in [1.54, 1.807) is 0 Å². The first-order valence-corrected chi connectivity index (χ1v) is 9.99. The average molecular weight is 356 g/mol. The second kappa shape index (κ2) is 6.05. The highest BCUT2D eigenvalue weighted by Gasteiger charge is 2.33. The smallest absolute Gasteiger partial charge is 0.254 e. The average Bonchev–Trinajstić information content (AvgIpc) is 3.37. The fourth-order valence-corrected chi connectivity index (χ4v) is 3.89. The first-order chi connectivity index (χ1) is 12.3. The molecular weight excluding hydrogens is 336 g/mol. The monoisotopic (exact) mass is 356 g/mol. The molecule has 3 heterocycles. The Kier molecular flexibility index (Phi) is 3.69. The lowest BCUT2D eigenvalue weighted by Crippen LogP contribution is -2.38. The van der Waals surface area contributed by atoms with Crippen molar-refractivity contribution in [3.05, 3.63) is 41.5 Å². The zero-order valence-corrected chi connectivity index (χ0v) is 14.7. The number of thioether (sulfide) groups is 1. The molecule has 1 aromatic carbocycles. The fraction of sp³-hybridized carbons (Fsp3) is 0.500. The molecule has 6 nitrogen and oxygen atoms in total. The summed E-state index contributed by atoms with van der Waals surface area (Å²) in [7, 11) is 0. The molecule has 1 amide bonds. The van der Waals surface area contributed by atoms with Crippen molar-refractivity contribution in [2.24, 2.45) is 0 Å². The number of fused-ring (bicyclic) bond motifs is 1. The van der Waals surface area contributed by atoms with Gasteiger partial charge in [0.2, 0.25) is 0 Å². The summed E-state index contributed by atoms with van der Waals surface area (Å²) in [5, 5.41) is 8.64. The van der Waals surface area contributed by atoms with Gasteiger partial charge in [-0.15, -0.1) is 10.2 Å². The number of carbonyl (C=O) groups is 1. The number of benzene rings is 1. The minimum atomic E-state index is 0.0490. The number of carbonyl (C=O) groups excluding carboxylic acids is 1. The molecule has 2 fully saturated rings. The van der Waals surface area contributed by atoms with Crippen LogP contribution >= 0.6 is 11.8 Å². The third-order valence-electron chi connectivity index (χ3n) is 5.02. The van der Waals surface area contributed by atoms with Gasteiger partial charge in [-0.3, -0.25) is 4.79 Å². The lowest BCUT2D eigenvalue weighted by molar-refractivity contribution is 0.0706. The van der Waals surface area contributed by atoms with Crippen LogP contribution in [0.5, 0.6) is 5.75 Å². The van der Waals surface area contributed by atoms with Crippen LogP contribution < -0.4 is 4.74 Å². The van der Waals surface area contributed by atoms with Crippen molar-refractivity contribution >= 4 is 17.7 Å². The van der Waals surface area contributed by atoms with Crippen LogP contribution in [0.3, 0.4) is 0 Å². The Balaban J connectivity index is 1.27. The van der Waals surface area contributed by atoms with Crippen LogP contribution in [0.15, 0.2) is 24.3 Å². The molecule has 1 aromatic heterocycles. The summed E-state index contributed by atoms with van der Waals surface area (Å²) in [6.45, 7) is 2.04. The maximum absolute atomic E-state index is 12.8. The molecule has 0 radical (unpaired) electrons. The van der Waals surface area contributed by atoms with Gasteiger partial charge in [-0.1, -0.05) is 0 Å². The third kappa shape index (κ3) is 2.90. The van der Waals surface area contributed by atoms with Gasteiger partial charge in [0.15, 0.2) is 5.82 Å². The van der Waals surface area contributed by atoms with Gasteiger partial charge in [0, 0.05) is 36.1 Å². The molecule has 1 saturated heterocycles. The summed E-state index contributed by atoms with van der Waals surface area (Å²) in [5.74, 6) is 5.60. The number of ether oxygens (including phenoxy) is 1. The van der Waals surface area contributed by atoms with Gasteiger partial charge in [-0.05, 0) is 37.1 Å². The predicted molar refractivity (Wildman–Crippen MR) is 94.9 cm³/mol. The first-order valence-electron chi connectivity index (χ1n) is 8.83. The number of hydrogen-bond acceptors (Lipinski definition) is 5. The largest absolute Gasteiger partial charge is 0.489 e. The molecule has 0 spiro atoms. The molecule has 1 aliphatic carbocycles. The van der Waals surface area contributed by atoms with Gasteiger partial charge in [0.25, 0.3) is 5.91 Å². The molecule has 2 aliphatic heterocycles. The van der Waals surface area contributed by atoms with E-state index in [0.717, 1.165) is 35.4 Å². The van der Waals surface area contributed by atoms with Crippen molar-refractivity contribution in [1.82, 2.24) is 19.7 Å². The highest BCUT2D eigenvalue weighted by molar-refractivity contribution is 8.00. The summed E-state index contributed by atoms with van der Waals surface area (Å²) in [4.78, 5) is 14.6. The van der Waals surface area contributed by atoms with Crippen molar-refractivity contribution in [3.8, 4) is 5.75 Å². The van der Waals surface area contributed by atoms with E-state index < -0.39 is 0 Å². The number of rotatable bonds is 4. The van der Waals surface area contributed by atoms with Crippen molar-refractivity contribution in [2.45, 2.75) is 38.0 Å². The van der Waals surface area contributed by atoms with E-state index in [1.807, 2.05) is 40.9 Å². The van der Waals surface area contributed by atoms with Crippen LogP contribution in [0.25, 0.3) is 0 Å². The molecule has 25 heavy (non-hydrogen) atoms. The van der Waals surface area contributed by atoms with Crippen LogP contribution in [0, 0.1) is 0 Å². The van der Waals surface area contributed by atoms with Crippen LogP contribution in [0.4, 0.5) is 0 Å². The molecule has 1 saturated carbocycles. The molecule has 130 valence electrons. The predicted octanol–water partition coefficient (Wildman–Crippen LogP) is 2.31. The standard InChI is InChI=1S/C18H20N4O2S/c23-18(13-3-5-14(6-4-13)24-15-10-25-11-15)21-7-8-22-16(9-21)19-20-17(22)12-1-2-12/h3-6,12,15H,1-2,7-11H2. The van der Waals surface area contributed by atoms with Crippen molar-refractivity contribution in [2.75, 3.05) is 18.1 Å². The van der Waals surface area contributed by atoms with Crippen molar-refractivity contribution in [3.63, 3.8) is 0 Å². The van der Waals surface area contributed by atoms with E-state index in [0.29, 0.717) is 30.7 Å². The quantitative estimate of drug-likeness (QED) is 0.841. The minimum Gasteiger partial charge on any atom is -0.489 e. The maximum Gasteiger partial charge on any atom is 0.254 e. The van der Waals surface area contributed by atoms with E-state index in [4.69, 9.17) is 4.74 Å². The van der Waals surface area contributed by atoms with Gasteiger partial charge >= 0.3 is 0 Å². The molecular formula is C18H20N4O2S. The molecule has 7 heteroatoms. The molecule has 0 unspecified atom stereocenters. The second-order valence-electron chi connectivity index (χ2n) is 6.93. The zero-order chi connectivity index (χ0) is 16.8. The number of aromatic nitrogens is 3. The highest BCUT2D eigenvalue weighted by atomic mass is 32.2. The third-order valence-corrected chi connectivity index (χ3v) is 6.24. The fourth-order valence-electron chi connectivity index (χ4n) is 3.33. The number of nitrogens with zero attached hydrogens (tertiary/aromatic N) is 4. The summed E-state index contributed by atoms with van der Waals surface area (Å²) in [5.41, 5.74) is 0.700. The Morgan fingerprint density at radius 3 is 2.60 bits per heavy atom. The summed E-state index contributed by atoms with van der Waals surface area (Å²) in [6, 6.07) is 7.51. The van der Waals surface area contributed by atoms with E-state index in [-0.39, 0.29) is 5.91 Å². The molecule has 3 aliphatic rings. The van der Waals surface area contributed by atoms with Crippen LogP contribution in [0.1, 0.15) is 40.8 Å². The summed E-state index contributed by atoms with van der Waals surface area (Å²) < 4.78 is 8.04. The van der Waals surface area contributed by atoms with E-state index >= 15 is 0 Å². The highest BCUT2D eigenvalue weighted by Crippen LogP contribution is 2.39. The summed E-state index contributed by atoms with van der Waals surface area (Å²) in [6.07, 6.45) is 2.75. The molecule has 0 atom stereocenters.